The number of amides is 1. The summed E-state index contributed by atoms with van der Waals surface area (Å²) in [6.45, 7) is 4.08. The maximum Gasteiger partial charge on any atom is 0.217 e. The minimum atomic E-state index is -0.219. The van der Waals surface area contributed by atoms with E-state index in [9.17, 15) is 4.79 Å². The predicted octanol–water partition coefficient (Wildman–Crippen LogP) is 3.14. The highest BCUT2D eigenvalue weighted by Crippen LogP contribution is 2.21. The maximum absolute atomic E-state index is 10.6. The van der Waals surface area contributed by atoms with Crippen LogP contribution in [0.2, 0.25) is 0 Å². The molecule has 0 saturated heterocycles. The van der Waals surface area contributed by atoms with Gasteiger partial charge >= 0.3 is 0 Å². The topological polar surface area (TPSA) is 52.3 Å². The van der Waals surface area contributed by atoms with Crippen molar-refractivity contribution in [2.24, 2.45) is 5.73 Å². The Balaban J connectivity index is 2.29. The lowest BCUT2D eigenvalue weighted by atomic mass is 10.0. The molecule has 0 fully saturated rings. The lowest BCUT2D eigenvalue weighted by Crippen LogP contribution is -2.09. The number of hydrogen-bond acceptors (Lipinski definition) is 2. The van der Waals surface area contributed by atoms with E-state index >= 15 is 0 Å². The van der Waals surface area contributed by atoms with Gasteiger partial charge < -0.3 is 10.5 Å². The largest absolute Gasteiger partial charge is 0.497 e. The predicted molar refractivity (Wildman–Crippen MR) is 74.3 cm³/mol. The van der Waals surface area contributed by atoms with Gasteiger partial charge in [0.05, 0.1) is 7.11 Å². The lowest BCUT2D eigenvalue weighted by molar-refractivity contribution is -0.118. The SMILES string of the molecule is C=C(CCCCCC(N)=O)c1ccc(OC)cc1. The Morgan fingerprint density at radius 2 is 1.78 bits per heavy atom. The van der Waals surface area contributed by atoms with Gasteiger partial charge in [0.15, 0.2) is 0 Å². The van der Waals surface area contributed by atoms with Crippen LogP contribution in [-0.4, -0.2) is 13.0 Å². The molecule has 0 saturated carbocycles. The summed E-state index contributed by atoms with van der Waals surface area (Å²) >= 11 is 0. The van der Waals surface area contributed by atoms with Crippen LogP contribution in [0.1, 0.15) is 37.7 Å². The number of methoxy groups -OCH3 is 1. The number of allylic oxidation sites excluding steroid dienone is 1. The van der Waals surface area contributed by atoms with Gasteiger partial charge in [0.25, 0.3) is 0 Å². The van der Waals surface area contributed by atoms with E-state index in [4.69, 9.17) is 10.5 Å². The van der Waals surface area contributed by atoms with E-state index in [1.54, 1.807) is 7.11 Å². The van der Waals surface area contributed by atoms with Crippen molar-refractivity contribution < 1.29 is 9.53 Å². The van der Waals surface area contributed by atoms with Crippen LogP contribution in [0.4, 0.5) is 0 Å². The minimum Gasteiger partial charge on any atom is -0.497 e. The second-order valence-corrected chi connectivity index (χ2v) is 4.36. The summed E-state index contributed by atoms with van der Waals surface area (Å²) in [5, 5.41) is 0. The molecule has 0 aliphatic rings. The van der Waals surface area contributed by atoms with Gasteiger partial charge in [-0.1, -0.05) is 25.1 Å². The molecule has 3 heteroatoms. The van der Waals surface area contributed by atoms with E-state index in [0.717, 1.165) is 42.6 Å². The van der Waals surface area contributed by atoms with Crippen LogP contribution in [-0.2, 0) is 4.79 Å². The van der Waals surface area contributed by atoms with Gasteiger partial charge in [-0.05, 0) is 42.5 Å². The van der Waals surface area contributed by atoms with Gasteiger partial charge in [-0.2, -0.15) is 0 Å². The molecule has 0 heterocycles. The van der Waals surface area contributed by atoms with Crippen LogP contribution >= 0.6 is 0 Å². The number of primary amides is 1. The van der Waals surface area contributed by atoms with Gasteiger partial charge in [-0.25, -0.2) is 0 Å². The Labute approximate surface area is 109 Å². The first-order chi connectivity index (χ1) is 8.63. The molecule has 2 N–H and O–H groups in total. The number of hydrogen-bond donors (Lipinski definition) is 1. The number of rotatable bonds is 8. The van der Waals surface area contributed by atoms with E-state index in [2.05, 4.69) is 6.58 Å². The molecule has 3 nitrogen and oxygen atoms in total. The first-order valence-corrected chi connectivity index (χ1v) is 6.24. The van der Waals surface area contributed by atoms with Crippen LogP contribution < -0.4 is 10.5 Å². The van der Waals surface area contributed by atoms with Gasteiger partial charge in [0.1, 0.15) is 5.75 Å². The molecule has 0 bridgehead atoms. The Bertz CT molecular complexity index is 395. The Morgan fingerprint density at radius 3 is 2.33 bits per heavy atom. The molecule has 0 radical (unpaired) electrons. The number of benzene rings is 1. The van der Waals surface area contributed by atoms with Gasteiger partial charge in [-0.3, -0.25) is 4.79 Å². The molecule has 1 rings (SSSR count). The van der Waals surface area contributed by atoms with Crippen LogP contribution in [0.5, 0.6) is 5.75 Å². The Kier molecular flexibility index (Phi) is 5.98. The third-order valence-corrected chi connectivity index (χ3v) is 2.90. The molecule has 0 spiro atoms. The maximum atomic E-state index is 10.6. The number of unbranched alkanes of at least 4 members (excludes halogenated alkanes) is 2. The van der Waals surface area contributed by atoms with Gasteiger partial charge in [-0.15, -0.1) is 0 Å². The van der Waals surface area contributed by atoms with Crippen molar-refractivity contribution in [1.82, 2.24) is 0 Å². The molecule has 1 aromatic rings. The van der Waals surface area contributed by atoms with Crippen molar-refractivity contribution in [3.8, 4) is 5.75 Å². The fraction of sp³-hybridized carbons (Fsp3) is 0.400. The fourth-order valence-corrected chi connectivity index (χ4v) is 1.79. The summed E-state index contributed by atoms with van der Waals surface area (Å²) in [5.41, 5.74) is 7.35. The second kappa shape index (κ2) is 7.54. The number of carbonyl (C=O) groups is 1. The highest BCUT2D eigenvalue weighted by molar-refractivity contribution is 5.73. The minimum absolute atomic E-state index is 0.219. The van der Waals surface area contributed by atoms with Crippen LogP contribution in [0.15, 0.2) is 30.8 Å². The van der Waals surface area contributed by atoms with Gasteiger partial charge in [0.2, 0.25) is 5.91 Å². The number of ether oxygens (including phenoxy) is 1. The van der Waals surface area contributed by atoms with Crippen LogP contribution in [0.25, 0.3) is 5.57 Å². The van der Waals surface area contributed by atoms with Crippen molar-refractivity contribution in [3.05, 3.63) is 36.4 Å². The van der Waals surface area contributed by atoms with Crippen molar-refractivity contribution in [2.75, 3.05) is 7.11 Å². The first kappa shape index (κ1) is 14.3. The smallest absolute Gasteiger partial charge is 0.217 e. The molecule has 0 aliphatic heterocycles. The Morgan fingerprint density at radius 1 is 1.17 bits per heavy atom. The summed E-state index contributed by atoms with van der Waals surface area (Å²) < 4.78 is 5.11. The standard InChI is InChI=1S/C15H21NO2/c1-12(6-4-3-5-7-15(16)17)13-8-10-14(18-2)11-9-13/h8-11H,1,3-7H2,2H3,(H2,16,17). The van der Waals surface area contributed by atoms with E-state index in [1.165, 1.54) is 0 Å². The third-order valence-electron chi connectivity index (χ3n) is 2.90. The highest BCUT2D eigenvalue weighted by Gasteiger charge is 2.00. The lowest BCUT2D eigenvalue weighted by Gasteiger charge is -2.07. The van der Waals surface area contributed by atoms with Gasteiger partial charge in [0, 0.05) is 6.42 Å². The summed E-state index contributed by atoms with van der Waals surface area (Å²) in [7, 11) is 1.66. The van der Waals surface area contributed by atoms with E-state index in [1.807, 2.05) is 24.3 Å². The monoisotopic (exact) mass is 247 g/mol. The van der Waals surface area contributed by atoms with Crippen LogP contribution in [0.3, 0.4) is 0 Å². The molecular weight excluding hydrogens is 226 g/mol. The average Bonchev–Trinajstić information content (AvgIpc) is 2.38. The zero-order valence-electron chi connectivity index (χ0n) is 10.9. The highest BCUT2D eigenvalue weighted by atomic mass is 16.5. The molecule has 0 atom stereocenters. The molecule has 0 unspecified atom stereocenters. The summed E-state index contributed by atoms with van der Waals surface area (Å²) in [5.74, 6) is 0.636. The summed E-state index contributed by atoms with van der Waals surface area (Å²) in [6, 6.07) is 7.91. The first-order valence-electron chi connectivity index (χ1n) is 6.24. The van der Waals surface area contributed by atoms with E-state index < -0.39 is 0 Å². The molecule has 1 aromatic carbocycles. The normalized spacial score (nSPS) is 10.1. The summed E-state index contributed by atoms with van der Waals surface area (Å²) in [6.07, 6.45) is 4.35. The summed E-state index contributed by atoms with van der Waals surface area (Å²) in [4.78, 5) is 10.6. The molecule has 98 valence electrons. The van der Waals surface area contributed by atoms with Crippen molar-refractivity contribution in [2.45, 2.75) is 32.1 Å². The van der Waals surface area contributed by atoms with Crippen molar-refractivity contribution >= 4 is 11.5 Å². The molecular formula is C15H21NO2. The van der Waals surface area contributed by atoms with Crippen LogP contribution in [0, 0.1) is 0 Å². The quantitative estimate of drug-likeness (QED) is 0.717. The fourth-order valence-electron chi connectivity index (χ4n) is 1.79. The number of carbonyl (C=O) groups excluding carboxylic acids is 1. The molecule has 18 heavy (non-hydrogen) atoms. The van der Waals surface area contributed by atoms with Crippen molar-refractivity contribution in [3.63, 3.8) is 0 Å². The van der Waals surface area contributed by atoms with E-state index in [-0.39, 0.29) is 5.91 Å². The zero-order chi connectivity index (χ0) is 13.4. The number of nitrogens with two attached hydrogens (primary N) is 1. The molecule has 1 amide bonds. The third kappa shape index (κ3) is 5.04. The molecule has 0 aromatic heterocycles. The Hall–Kier alpha value is -1.77. The van der Waals surface area contributed by atoms with E-state index in [0.29, 0.717) is 6.42 Å². The zero-order valence-corrected chi connectivity index (χ0v) is 10.9. The molecule has 0 aliphatic carbocycles. The van der Waals surface area contributed by atoms with Crippen molar-refractivity contribution in [1.29, 1.82) is 0 Å². The second-order valence-electron chi connectivity index (χ2n) is 4.36. The average molecular weight is 247 g/mol.